The zero-order chi connectivity index (χ0) is 18.1. The average Bonchev–Trinajstić information content (AvgIpc) is 2.95. The highest BCUT2D eigenvalue weighted by molar-refractivity contribution is 7.90. The normalized spacial score (nSPS) is 22.2. The van der Waals surface area contributed by atoms with Crippen LogP contribution < -0.4 is 10.0 Å². The molecule has 0 unspecified atom stereocenters. The van der Waals surface area contributed by atoms with Gasteiger partial charge in [0.05, 0.1) is 15.8 Å². The topological polar surface area (TPSA) is 86.9 Å². The molecule has 0 saturated heterocycles. The number of imidazole rings is 1. The Kier molecular flexibility index (Phi) is 5.06. The molecule has 1 heterocycles. The molecule has 1 aromatic carbocycles. The number of nitrogens with one attached hydrogen (secondary N) is 3. The molecule has 0 aliphatic heterocycles. The smallest absolute Gasteiger partial charge is 0.216 e. The molecule has 1 saturated carbocycles. The van der Waals surface area contributed by atoms with Crippen molar-refractivity contribution in [2.75, 3.05) is 11.9 Å². The molecule has 0 amide bonds. The van der Waals surface area contributed by atoms with E-state index in [9.17, 15) is 8.42 Å². The third kappa shape index (κ3) is 4.33. The van der Waals surface area contributed by atoms with E-state index in [0.29, 0.717) is 18.5 Å². The van der Waals surface area contributed by atoms with Crippen LogP contribution in [0.25, 0.3) is 11.0 Å². The summed E-state index contributed by atoms with van der Waals surface area (Å²) in [7, 11) is -3.25. The van der Waals surface area contributed by atoms with E-state index >= 15 is 0 Å². The van der Waals surface area contributed by atoms with Crippen LogP contribution in [0.3, 0.4) is 0 Å². The van der Waals surface area contributed by atoms with Gasteiger partial charge in [-0.15, -0.1) is 0 Å². The molecule has 0 radical (unpaired) electrons. The van der Waals surface area contributed by atoms with Crippen molar-refractivity contribution in [3.8, 4) is 0 Å². The fourth-order valence-electron chi connectivity index (χ4n) is 3.17. The van der Waals surface area contributed by atoms with Gasteiger partial charge in [-0.2, -0.15) is 0 Å². The molecule has 1 aliphatic carbocycles. The van der Waals surface area contributed by atoms with Crippen LogP contribution in [-0.4, -0.2) is 35.7 Å². The molecule has 6 nitrogen and oxygen atoms in total. The van der Waals surface area contributed by atoms with Gasteiger partial charge in [0.25, 0.3) is 0 Å². The van der Waals surface area contributed by atoms with Crippen LogP contribution in [0.5, 0.6) is 0 Å². The van der Waals surface area contributed by atoms with E-state index in [4.69, 9.17) is 0 Å². The highest BCUT2D eigenvalue weighted by atomic mass is 32.2. The number of aromatic nitrogens is 2. The fourth-order valence-corrected chi connectivity index (χ4v) is 4.06. The lowest BCUT2D eigenvalue weighted by molar-refractivity contribution is 0.336. The Morgan fingerprint density at radius 3 is 2.48 bits per heavy atom. The maximum absolute atomic E-state index is 12.1. The summed E-state index contributed by atoms with van der Waals surface area (Å²) >= 11 is 0. The maximum atomic E-state index is 12.1. The van der Waals surface area contributed by atoms with Gasteiger partial charge >= 0.3 is 0 Å². The summed E-state index contributed by atoms with van der Waals surface area (Å²) in [5.41, 5.74) is 2.01. The quantitative estimate of drug-likeness (QED) is 0.760. The third-order valence-electron chi connectivity index (χ3n) is 4.95. The predicted molar refractivity (Wildman–Crippen MR) is 102 cm³/mol. The van der Waals surface area contributed by atoms with Crippen LogP contribution in [0.4, 0.5) is 5.95 Å². The first-order valence-corrected chi connectivity index (χ1v) is 10.4. The first-order valence-electron chi connectivity index (χ1n) is 8.95. The summed E-state index contributed by atoms with van der Waals surface area (Å²) in [5.74, 6) is 1.23. The highest BCUT2D eigenvalue weighted by Gasteiger charge is 2.30. The van der Waals surface area contributed by atoms with Gasteiger partial charge in [0.1, 0.15) is 0 Å². The molecular weight excluding hydrogens is 336 g/mol. The zero-order valence-electron chi connectivity index (χ0n) is 15.2. The first-order chi connectivity index (χ1) is 11.7. The molecule has 0 bridgehead atoms. The van der Waals surface area contributed by atoms with Crippen molar-refractivity contribution in [2.24, 2.45) is 5.92 Å². The number of benzene rings is 1. The Hall–Kier alpha value is -1.60. The molecular formula is C18H28N4O2S. The molecule has 25 heavy (non-hydrogen) atoms. The van der Waals surface area contributed by atoms with Crippen molar-refractivity contribution in [2.45, 2.75) is 57.2 Å². The number of fused-ring (bicyclic) bond motifs is 1. The lowest BCUT2D eigenvalue weighted by Crippen LogP contribution is -2.42. The second-order valence-electron chi connectivity index (χ2n) is 7.93. The molecule has 1 aliphatic rings. The Morgan fingerprint density at radius 1 is 1.16 bits per heavy atom. The fraction of sp³-hybridized carbons (Fsp3) is 0.611. The zero-order valence-corrected chi connectivity index (χ0v) is 16.0. The van der Waals surface area contributed by atoms with E-state index in [2.05, 4.69) is 20.0 Å². The maximum Gasteiger partial charge on any atom is 0.216 e. The minimum Gasteiger partial charge on any atom is -0.353 e. The highest BCUT2D eigenvalue weighted by Crippen LogP contribution is 2.27. The van der Waals surface area contributed by atoms with Crippen LogP contribution in [0.1, 0.15) is 46.5 Å². The van der Waals surface area contributed by atoms with Gasteiger partial charge in [-0.1, -0.05) is 12.1 Å². The number of aromatic amines is 1. The van der Waals surface area contributed by atoms with E-state index < -0.39 is 14.8 Å². The predicted octanol–water partition coefficient (Wildman–Crippen LogP) is 3.25. The lowest BCUT2D eigenvalue weighted by Gasteiger charge is -2.30. The number of sulfonamides is 1. The van der Waals surface area contributed by atoms with E-state index in [1.807, 2.05) is 24.3 Å². The number of anilines is 1. The van der Waals surface area contributed by atoms with E-state index in [0.717, 1.165) is 42.7 Å². The second-order valence-corrected chi connectivity index (χ2v) is 10.4. The number of H-pyrrole nitrogens is 1. The molecule has 1 aromatic heterocycles. The van der Waals surface area contributed by atoms with E-state index in [1.54, 1.807) is 20.8 Å². The monoisotopic (exact) mass is 364 g/mol. The molecule has 0 atom stereocenters. The van der Waals surface area contributed by atoms with Gasteiger partial charge in [0.15, 0.2) is 0 Å². The molecule has 0 spiro atoms. The van der Waals surface area contributed by atoms with Gasteiger partial charge < -0.3 is 10.3 Å². The van der Waals surface area contributed by atoms with E-state index in [-0.39, 0.29) is 0 Å². The Bertz CT molecular complexity index is 782. The summed E-state index contributed by atoms with van der Waals surface area (Å²) in [5, 5.41) is 3.48. The Balaban J connectivity index is 1.49. The number of rotatable bonds is 5. The van der Waals surface area contributed by atoms with Crippen LogP contribution in [0.15, 0.2) is 24.3 Å². The van der Waals surface area contributed by atoms with Crippen molar-refractivity contribution < 1.29 is 8.42 Å². The third-order valence-corrected chi connectivity index (χ3v) is 7.10. The molecule has 3 N–H and O–H groups in total. The Morgan fingerprint density at radius 2 is 1.84 bits per heavy atom. The standard InChI is InChI=1S/C18H28N4O2S/c1-18(2,3)25(23,24)19-12-13-8-10-14(11-9-13)20-17-21-15-6-4-5-7-16(15)22-17/h4-7,13-14,19H,8-12H2,1-3H3,(H2,20,21,22). The van der Waals surface area contributed by atoms with Crippen molar-refractivity contribution >= 4 is 27.0 Å². The molecule has 2 aromatic rings. The number of hydrogen-bond donors (Lipinski definition) is 3. The van der Waals surface area contributed by atoms with Crippen molar-refractivity contribution in [3.63, 3.8) is 0 Å². The number of nitrogens with zero attached hydrogens (tertiary/aromatic N) is 1. The van der Waals surface area contributed by atoms with Crippen LogP contribution in [0.2, 0.25) is 0 Å². The largest absolute Gasteiger partial charge is 0.353 e. The summed E-state index contributed by atoms with van der Waals surface area (Å²) in [6.45, 7) is 5.72. The molecule has 1 fully saturated rings. The van der Waals surface area contributed by atoms with Gasteiger partial charge in [-0.05, 0) is 64.5 Å². The summed E-state index contributed by atoms with van der Waals surface area (Å²) in [6, 6.07) is 8.38. The summed E-state index contributed by atoms with van der Waals surface area (Å²) < 4.78 is 26.3. The van der Waals surface area contributed by atoms with Crippen LogP contribution >= 0.6 is 0 Å². The SMILES string of the molecule is CC(C)(C)S(=O)(=O)NCC1CCC(Nc2nc3ccccc3[nH]2)CC1. The van der Waals surface area contributed by atoms with Crippen molar-refractivity contribution in [3.05, 3.63) is 24.3 Å². The van der Waals surface area contributed by atoms with Gasteiger partial charge in [0, 0.05) is 12.6 Å². The number of hydrogen-bond acceptors (Lipinski definition) is 4. The molecule has 138 valence electrons. The summed E-state index contributed by atoms with van der Waals surface area (Å²) in [4.78, 5) is 7.87. The van der Waals surface area contributed by atoms with Crippen molar-refractivity contribution in [1.82, 2.24) is 14.7 Å². The van der Waals surface area contributed by atoms with Gasteiger partial charge in [-0.25, -0.2) is 18.1 Å². The second kappa shape index (κ2) is 6.96. The van der Waals surface area contributed by atoms with E-state index in [1.165, 1.54) is 0 Å². The van der Waals surface area contributed by atoms with Gasteiger partial charge in [-0.3, -0.25) is 0 Å². The van der Waals surface area contributed by atoms with Crippen molar-refractivity contribution in [1.29, 1.82) is 0 Å². The molecule has 3 rings (SSSR count). The minimum atomic E-state index is -3.25. The lowest BCUT2D eigenvalue weighted by atomic mass is 9.86. The van der Waals surface area contributed by atoms with Gasteiger partial charge in [0.2, 0.25) is 16.0 Å². The Labute approximate surface area is 149 Å². The number of para-hydroxylation sites is 2. The van der Waals surface area contributed by atoms with Crippen LogP contribution in [-0.2, 0) is 10.0 Å². The first kappa shape index (κ1) is 18.2. The van der Waals surface area contributed by atoms with Crippen LogP contribution in [0, 0.1) is 5.92 Å². The minimum absolute atomic E-state index is 0.385. The summed E-state index contributed by atoms with van der Waals surface area (Å²) in [6.07, 6.45) is 4.09. The average molecular weight is 365 g/mol. The molecule has 7 heteroatoms.